The molecule has 1 fully saturated rings. The molecule has 1 saturated carbocycles. The predicted molar refractivity (Wildman–Crippen MR) is 146 cm³/mol. The molecule has 7 heteroatoms. The standard InChI is InChI=1S/C31H29NO6/c1-37-24-14-8-22(9-15-24)11-19-28(33)30-26(18-10-21-6-4-3-5-7-21)31(32(35)36)27(20-29(30)34)23-12-16-25(38-2)17-13-23/h3-19,26-27,30-31H,20H2,1-2H3/b18-10+,19-11+. The van der Waals surface area contributed by atoms with Crippen LogP contribution in [0.25, 0.3) is 12.2 Å². The lowest BCUT2D eigenvalue weighted by molar-refractivity contribution is -0.536. The van der Waals surface area contributed by atoms with Gasteiger partial charge in [-0.3, -0.25) is 19.7 Å². The largest absolute Gasteiger partial charge is 0.497 e. The second-order valence-electron chi connectivity index (χ2n) is 9.16. The minimum atomic E-state index is -1.16. The van der Waals surface area contributed by atoms with Crippen LogP contribution in [0.3, 0.4) is 0 Å². The number of Topliss-reactive ketones (excluding diaryl/α,β-unsaturated/α-hetero) is 1. The molecule has 194 valence electrons. The number of carbonyl (C=O) groups excluding carboxylic acids is 2. The molecule has 0 spiro atoms. The molecular weight excluding hydrogens is 482 g/mol. The summed E-state index contributed by atoms with van der Waals surface area (Å²) in [5.74, 6) is -2.22. The van der Waals surface area contributed by atoms with Gasteiger partial charge in [0.1, 0.15) is 17.3 Å². The second kappa shape index (κ2) is 12.1. The van der Waals surface area contributed by atoms with E-state index >= 15 is 0 Å². The molecule has 4 atom stereocenters. The number of benzene rings is 3. The highest BCUT2D eigenvalue weighted by Gasteiger charge is 2.52. The third-order valence-corrected chi connectivity index (χ3v) is 6.92. The zero-order valence-corrected chi connectivity index (χ0v) is 21.2. The Balaban J connectivity index is 1.70. The van der Waals surface area contributed by atoms with Gasteiger partial charge >= 0.3 is 0 Å². The summed E-state index contributed by atoms with van der Waals surface area (Å²) in [7, 11) is 3.11. The number of hydrogen-bond donors (Lipinski definition) is 0. The number of nitrogens with zero attached hydrogens (tertiary/aromatic N) is 1. The molecular formula is C31H29NO6. The Morgan fingerprint density at radius 3 is 2.03 bits per heavy atom. The molecule has 1 aliphatic carbocycles. The van der Waals surface area contributed by atoms with E-state index in [1.807, 2.05) is 30.3 Å². The van der Waals surface area contributed by atoms with Crippen molar-refractivity contribution in [3.8, 4) is 11.5 Å². The van der Waals surface area contributed by atoms with Gasteiger partial charge in [-0.1, -0.05) is 72.8 Å². The van der Waals surface area contributed by atoms with Crippen LogP contribution in [0.1, 0.15) is 29.0 Å². The molecule has 4 unspecified atom stereocenters. The molecule has 0 aromatic heterocycles. The molecule has 0 heterocycles. The van der Waals surface area contributed by atoms with Crippen LogP contribution < -0.4 is 9.47 Å². The maximum atomic E-state index is 13.5. The zero-order valence-electron chi connectivity index (χ0n) is 21.2. The van der Waals surface area contributed by atoms with E-state index in [9.17, 15) is 19.7 Å². The maximum absolute atomic E-state index is 13.5. The van der Waals surface area contributed by atoms with Crippen LogP contribution in [-0.2, 0) is 9.59 Å². The summed E-state index contributed by atoms with van der Waals surface area (Å²) in [6.45, 7) is 0. The Hall–Kier alpha value is -4.52. The van der Waals surface area contributed by atoms with E-state index in [0.29, 0.717) is 17.1 Å². The van der Waals surface area contributed by atoms with Crippen molar-refractivity contribution < 1.29 is 24.0 Å². The first-order valence-corrected chi connectivity index (χ1v) is 12.3. The van der Waals surface area contributed by atoms with Crippen LogP contribution in [0.2, 0.25) is 0 Å². The molecule has 38 heavy (non-hydrogen) atoms. The van der Waals surface area contributed by atoms with E-state index in [1.165, 1.54) is 6.08 Å². The minimum absolute atomic E-state index is 0.0968. The van der Waals surface area contributed by atoms with Crippen molar-refractivity contribution in [3.63, 3.8) is 0 Å². The Bertz CT molecular complexity index is 1330. The zero-order chi connectivity index (χ0) is 27.1. The Morgan fingerprint density at radius 1 is 0.868 bits per heavy atom. The Kier molecular flexibility index (Phi) is 8.48. The van der Waals surface area contributed by atoms with Crippen molar-refractivity contribution in [2.75, 3.05) is 14.2 Å². The summed E-state index contributed by atoms with van der Waals surface area (Å²) in [6.07, 6.45) is 6.26. The lowest BCUT2D eigenvalue weighted by Gasteiger charge is -2.35. The van der Waals surface area contributed by atoms with Crippen LogP contribution in [0.15, 0.2) is 91.0 Å². The van der Waals surface area contributed by atoms with Gasteiger partial charge in [0.2, 0.25) is 6.04 Å². The third-order valence-electron chi connectivity index (χ3n) is 6.92. The molecule has 0 amide bonds. The lowest BCUT2D eigenvalue weighted by atomic mass is 9.66. The fraction of sp³-hybridized carbons (Fsp3) is 0.226. The number of hydrogen-bond acceptors (Lipinski definition) is 6. The summed E-state index contributed by atoms with van der Waals surface area (Å²) >= 11 is 0. The van der Waals surface area contributed by atoms with E-state index in [1.54, 1.807) is 81.0 Å². The number of methoxy groups -OCH3 is 2. The van der Waals surface area contributed by atoms with Gasteiger partial charge in [-0.05, 0) is 47.0 Å². The second-order valence-corrected chi connectivity index (χ2v) is 9.16. The SMILES string of the molecule is COc1ccc(/C=C/C(=O)C2C(=O)CC(c3ccc(OC)cc3)C([N+](=O)[O-])C2/C=C/c2ccccc2)cc1. The van der Waals surface area contributed by atoms with Gasteiger partial charge in [0, 0.05) is 11.3 Å². The summed E-state index contributed by atoms with van der Waals surface area (Å²) in [5.41, 5.74) is 2.24. The third kappa shape index (κ3) is 6.06. The van der Waals surface area contributed by atoms with Gasteiger partial charge in [0.25, 0.3) is 0 Å². The number of allylic oxidation sites excluding steroid dienone is 1. The highest BCUT2D eigenvalue weighted by Crippen LogP contribution is 2.41. The number of rotatable bonds is 9. The smallest absolute Gasteiger partial charge is 0.227 e. The normalized spacial score (nSPS) is 21.5. The quantitative estimate of drug-likeness (QED) is 0.160. The number of ketones is 2. The topological polar surface area (TPSA) is 95.7 Å². The molecule has 0 saturated heterocycles. The van der Waals surface area contributed by atoms with Crippen molar-refractivity contribution in [3.05, 3.63) is 118 Å². The maximum Gasteiger partial charge on any atom is 0.227 e. The molecule has 0 radical (unpaired) electrons. The van der Waals surface area contributed by atoms with Crippen LogP contribution in [0, 0.1) is 22.0 Å². The van der Waals surface area contributed by atoms with E-state index in [0.717, 1.165) is 11.1 Å². The van der Waals surface area contributed by atoms with Crippen molar-refractivity contribution in [1.29, 1.82) is 0 Å². The average molecular weight is 512 g/mol. The van der Waals surface area contributed by atoms with Crippen molar-refractivity contribution in [2.24, 2.45) is 11.8 Å². The van der Waals surface area contributed by atoms with Crippen LogP contribution in [0.5, 0.6) is 11.5 Å². The first kappa shape index (κ1) is 26.5. The van der Waals surface area contributed by atoms with Gasteiger partial charge in [0.15, 0.2) is 5.78 Å². The van der Waals surface area contributed by atoms with E-state index in [-0.39, 0.29) is 17.1 Å². The van der Waals surface area contributed by atoms with Crippen molar-refractivity contribution in [1.82, 2.24) is 0 Å². The fourth-order valence-electron chi connectivity index (χ4n) is 4.95. The first-order valence-electron chi connectivity index (χ1n) is 12.3. The highest BCUT2D eigenvalue weighted by atomic mass is 16.6. The summed E-state index contributed by atoms with van der Waals surface area (Å²) < 4.78 is 10.4. The first-order chi connectivity index (χ1) is 18.4. The molecule has 3 aromatic carbocycles. The van der Waals surface area contributed by atoms with Crippen LogP contribution in [0.4, 0.5) is 0 Å². The van der Waals surface area contributed by atoms with E-state index in [4.69, 9.17) is 9.47 Å². The molecule has 0 aliphatic heterocycles. The van der Waals surface area contributed by atoms with Crippen molar-refractivity contribution >= 4 is 23.7 Å². The van der Waals surface area contributed by atoms with Gasteiger partial charge < -0.3 is 9.47 Å². The average Bonchev–Trinajstić information content (AvgIpc) is 2.95. The predicted octanol–water partition coefficient (Wildman–Crippen LogP) is 5.63. The number of nitro groups is 1. The number of ether oxygens (including phenoxy) is 2. The molecule has 3 aromatic rings. The molecule has 0 N–H and O–H groups in total. The summed E-state index contributed by atoms with van der Waals surface area (Å²) in [5, 5.41) is 12.5. The Morgan fingerprint density at radius 2 is 1.45 bits per heavy atom. The molecule has 1 aliphatic rings. The van der Waals surface area contributed by atoms with Gasteiger partial charge in [-0.15, -0.1) is 0 Å². The summed E-state index contributed by atoms with van der Waals surface area (Å²) in [6, 6.07) is 22.2. The molecule has 4 rings (SSSR count). The summed E-state index contributed by atoms with van der Waals surface area (Å²) in [4.78, 5) is 39.0. The Labute approximate surface area is 221 Å². The van der Waals surface area contributed by atoms with Gasteiger partial charge in [0.05, 0.1) is 32.0 Å². The number of carbonyl (C=O) groups is 2. The van der Waals surface area contributed by atoms with Gasteiger partial charge in [-0.2, -0.15) is 0 Å². The van der Waals surface area contributed by atoms with Crippen molar-refractivity contribution in [2.45, 2.75) is 18.4 Å². The van der Waals surface area contributed by atoms with Gasteiger partial charge in [-0.25, -0.2) is 0 Å². The van der Waals surface area contributed by atoms with E-state index < -0.39 is 29.6 Å². The molecule has 0 bridgehead atoms. The fourth-order valence-corrected chi connectivity index (χ4v) is 4.95. The minimum Gasteiger partial charge on any atom is -0.497 e. The molecule has 7 nitrogen and oxygen atoms in total. The van der Waals surface area contributed by atoms with Crippen LogP contribution in [-0.4, -0.2) is 36.8 Å². The van der Waals surface area contributed by atoms with E-state index in [2.05, 4.69) is 0 Å². The highest BCUT2D eigenvalue weighted by molar-refractivity contribution is 6.10. The van der Waals surface area contributed by atoms with Crippen LogP contribution >= 0.6 is 0 Å². The lowest BCUT2D eigenvalue weighted by Crippen LogP contribution is -2.48. The monoisotopic (exact) mass is 511 g/mol.